The lowest BCUT2D eigenvalue weighted by atomic mass is 9.81. The number of halogens is 1. The average molecular weight is 582 g/mol. The van der Waals surface area contributed by atoms with Crippen molar-refractivity contribution >= 4 is 44.3 Å². The van der Waals surface area contributed by atoms with E-state index in [-0.39, 0.29) is 10.3 Å². The standard InChI is InChI=1S/C31H36ClN3O2S2/c1-6-26(32)17-12-22(3)35-23(4)30-28(18-19-38-30)34-21-31(5,7-2)20-24-13-15-25(16-14-24)27-10-8-9-11-29(27)39(33,36)37/h6,8-19,34-35H,3-4,7,20-21H2,1-2,5H3,(H2,33,36,37)/b17-12-,26-6+. The number of rotatable bonds is 13. The molecule has 0 amide bonds. The topological polar surface area (TPSA) is 84.2 Å². The van der Waals surface area contributed by atoms with Crippen LogP contribution < -0.4 is 15.8 Å². The Bertz CT molecular complexity index is 1490. The second kappa shape index (κ2) is 13.3. The Morgan fingerprint density at radius 3 is 2.44 bits per heavy atom. The maximum atomic E-state index is 12.0. The van der Waals surface area contributed by atoms with Crippen molar-refractivity contribution in [3.05, 3.63) is 113 Å². The van der Waals surface area contributed by atoms with Crippen LogP contribution in [0.25, 0.3) is 16.8 Å². The zero-order valence-corrected chi connectivity index (χ0v) is 25.0. The van der Waals surface area contributed by atoms with E-state index in [1.165, 1.54) is 11.6 Å². The summed E-state index contributed by atoms with van der Waals surface area (Å²) < 4.78 is 24.0. The predicted octanol–water partition coefficient (Wildman–Crippen LogP) is 7.91. The second-order valence-electron chi connectivity index (χ2n) is 9.73. The molecule has 0 saturated carbocycles. The second-order valence-corrected chi connectivity index (χ2v) is 12.6. The number of primary sulfonamides is 1. The van der Waals surface area contributed by atoms with Gasteiger partial charge in [-0.3, -0.25) is 0 Å². The highest BCUT2D eigenvalue weighted by molar-refractivity contribution is 7.89. The Labute approximate surface area is 241 Å². The Morgan fingerprint density at radius 2 is 1.79 bits per heavy atom. The Kier molecular flexibility index (Phi) is 10.4. The van der Waals surface area contributed by atoms with Crippen molar-refractivity contribution in [1.29, 1.82) is 0 Å². The smallest absolute Gasteiger partial charge is 0.238 e. The van der Waals surface area contributed by atoms with Crippen LogP contribution >= 0.6 is 22.9 Å². The van der Waals surface area contributed by atoms with E-state index >= 15 is 0 Å². The van der Waals surface area contributed by atoms with Crippen LogP contribution in [0.3, 0.4) is 0 Å². The number of thiophene rings is 1. The van der Waals surface area contributed by atoms with Crippen molar-refractivity contribution in [2.45, 2.75) is 38.5 Å². The van der Waals surface area contributed by atoms with E-state index in [1.54, 1.807) is 29.5 Å². The van der Waals surface area contributed by atoms with Crippen molar-refractivity contribution in [2.75, 3.05) is 11.9 Å². The van der Waals surface area contributed by atoms with Crippen LogP contribution in [0.1, 0.15) is 37.6 Å². The summed E-state index contributed by atoms with van der Waals surface area (Å²) in [5, 5.41) is 15.0. The van der Waals surface area contributed by atoms with Crippen LogP contribution in [0.2, 0.25) is 0 Å². The molecule has 0 saturated heterocycles. The minimum absolute atomic E-state index is 0.0104. The molecule has 206 valence electrons. The summed E-state index contributed by atoms with van der Waals surface area (Å²) in [5.41, 5.74) is 5.09. The Balaban J connectivity index is 1.68. The van der Waals surface area contributed by atoms with Crippen LogP contribution in [-0.4, -0.2) is 15.0 Å². The number of sulfonamides is 1. The van der Waals surface area contributed by atoms with E-state index in [4.69, 9.17) is 16.7 Å². The van der Waals surface area contributed by atoms with Crippen LogP contribution in [0.5, 0.6) is 0 Å². The quantitative estimate of drug-likeness (QED) is 0.179. The van der Waals surface area contributed by atoms with Gasteiger partial charge in [-0.2, -0.15) is 0 Å². The van der Waals surface area contributed by atoms with Gasteiger partial charge in [0, 0.05) is 22.8 Å². The van der Waals surface area contributed by atoms with Gasteiger partial charge in [-0.1, -0.05) is 87.1 Å². The van der Waals surface area contributed by atoms with Crippen molar-refractivity contribution < 1.29 is 8.42 Å². The van der Waals surface area contributed by atoms with E-state index in [0.717, 1.165) is 41.2 Å². The molecule has 5 nitrogen and oxygen atoms in total. The number of anilines is 1. The zero-order chi connectivity index (χ0) is 28.6. The SMILES string of the molecule is C=C(/C=C\C(Cl)=C/C)NC(=C)c1sccc1NCC(C)(CC)Cc1ccc(-c2ccccc2S(N)(=O)=O)cc1. The molecule has 0 aliphatic heterocycles. The van der Waals surface area contributed by atoms with Crippen LogP contribution in [0, 0.1) is 5.41 Å². The molecule has 3 aromatic rings. The third kappa shape index (κ3) is 8.44. The molecule has 1 atom stereocenters. The fourth-order valence-electron chi connectivity index (χ4n) is 4.12. The summed E-state index contributed by atoms with van der Waals surface area (Å²) in [5.74, 6) is 0. The fourth-order valence-corrected chi connectivity index (χ4v) is 5.74. The molecule has 1 heterocycles. The highest BCUT2D eigenvalue weighted by atomic mass is 35.5. The summed E-state index contributed by atoms with van der Waals surface area (Å²) >= 11 is 7.65. The molecule has 0 fully saturated rings. The predicted molar refractivity (Wildman–Crippen MR) is 168 cm³/mol. The Morgan fingerprint density at radius 1 is 1.10 bits per heavy atom. The first-order valence-corrected chi connectivity index (χ1v) is 15.4. The van der Waals surface area contributed by atoms with E-state index in [2.05, 4.69) is 55.8 Å². The van der Waals surface area contributed by atoms with E-state index in [9.17, 15) is 8.42 Å². The van der Waals surface area contributed by atoms with E-state index in [1.807, 2.05) is 42.7 Å². The highest BCUT2D eigenvalue weighted by Crippen LogP contribution is 2.33. The van der Waals surface area contributed by atoms with Gasteiger partial charge in [0.2, 0.25) is 10.0 Å². The lowest BCUT2D eigenvalue weighted by molar-refractivity contribution is 0.331. The summed E-state index contributed by atoms with van der Waals surface area (Å²) in [6.07, 6.45) is 7.26. The maximum Gasteiger partial charge on any atom is 0.238 e. The normalized spacial score (nSPS) is 13.7. The molecule has 39 heavy (non-hydrogen) atoms. The number of nitrogens with two attached hydrogens (primary N) is 1. The molecule has 8 heteroatoms. The molecule has 0 radical (unpaired) electrons. The largest absolute Gasteiger partial charge is 0.383 e. The van der Waals surface area contributed by atoms with Gasteiger partial charge in [0.05, 0.1) is 21.2 Å². The molecule has 1 aromatic heterocycles. The van der Waals surface area contributed by atoms with Crippen molar-refractivity contribution in [3.63, 3.8) is 0 Å². The third-order valence-electron chi connectivity index (χ3n) is 6.62. The van der Waals surface area contributed by atoms with Crippen LogP contribution in [0.15, 0.2) is 107 Å². The van der Waals surface area contributed by atoms with Gasteiger partial charge in [0.1, 0.15) is 0 Å². The van der Waals surface area contributed by atoms with Gasteiger partial charge in [-0.25, -0.2) is 13.6 Å². The fraction of sp³-hybridized carbons (Fsp3) is 0.226. The van der Waals surface area contributed by atoms with Crippen LogP contribution in [0.4, 0.5) is 5.69 Å². The summed E-state index contributed by atoms with van der Waals surface area (Å²) in [6.45, 7) is 15.3. The molecule has 1 unspecified atom stereocenters. The number of hydrogen-bond donors (Lipinski definition) is 3. The third-order valence-corrected chi connectivity index (χ3v) is 8.91. The van der Waals surface area contributed by atoms with E-state index < -0.39 is 10.0 Å². The highest BCUT2D eigenvalue weighted by Gasteiger charge is 2.24. The molecule has 0 bridgehead atoms. The van der Waals surface area contributed by atoms with Gasteiger partial charge in [0.15, 0.2) is 0 Å². The number of allylic oxidation sites excluding steroid dienone is 4. The number of hydrogen-bond acceptors (Lipinski definition) is 5. The first-order chi connectivity index (χ1) is 18.5. The minimum Gasteiger partial charge on any atom is -0.383 e. The Hall–Kier alpha value is -3.10. The van der Waals surface area contributed by atoms with Gasteiger partial charge in [0.25, 0.3) is 0 Å². The molecular formula is C31H36ClN3O2S2. The lowest BCUT2D eigenvalue weighted by Crippen LogP contribution is -2.28. The first kappa shape index (κ1) is 30.4. The number of nitrogens with one attached hydrogen (secondary N) is 2. The molecule has 0 aliphatic rings. The maximum absolute atomic E-state index is 12.0. The average Bonchev–Trinajstić information content (AvgIpc) is 3.39. The van der Waals surface area contributed by atoms with Gasteiger partial charge in [-0.05, 0) is 66.0 Å². The number of benzene rings is 2. The molecule has 2 aromatic carbocycles. The van der Waals surface area contributed by atoms with Crippen molar-refractivity contribution in [3.8, 4) is 11.1 Å². The van der Waals surface area contributed by atoms with Crippen LogP contribution in [-0.2, 0) is 16.4 Å². The molecule has 0 spiro atoms. The summed E-state index contributed by atoms with van der Waals surface area (Å²) in [4.78, 5) is 1.15. The molecule has 3 rings (SSSR count). The van der Waals surface area contributed by atoms with Gasteiger partial charge < -0.3 is 10.6 Å². The first-order valence-electron chi connectivity index (χ1n) is 12.6. The molecular weight excluding hydrogens is 546 g/mol. The lowest BCUT2D eigenvalue weighted by Gasteiger charge is -2.29. The summed E-state index contributed by atoms with van der Waals surface area (Å²) in [7, 11) is -3.81. The molecule has 4 N–H and O–H groups in total. The van der Waals surface area contributed by atoms with Crippen molar-refractivity contribution in [2.24, 2.45) is 10.6 Å². The van der Waals surface area contributed by atoms with Crippen molar-refractivity contribution in [1.82, 2.24) is 5.32 Å². The van der Waals surface area contributed by atoms with Gasteiger partial charge >= 0.3 is 0 Å². The van der Waals surface area contributed by atoms with E-state index in [0.29, 0.717) is 16.3 Å². The zero-order valence-electron chi connectivity index (χ0n) is 22.6. The molecule has 0 aliphatic carbocycles. The minimum atomic E-state index is -3.81. The monoisotopic (exact) mass is 581 g/mol. The van der Waals surface area contributed by atoms with Gasteiger partial charge in [-0.15, -0.1) is 11.3 Å². The summed E-state index contributed by atoms with van der Waals surface area (Å²) in [6, 6.07) is 16.9.